The molecule has 0 bridgehead atoms. The van der Waals surface area contributed by atoms with Crippen LogP contribution in [-0.4, -0.2) is 12.6 Å². The first kappa shape index (κ1) is 41.2. The molecule has 0 aliphatic rings. The number of carbonyl (C=O) groups is 1. The number of ether oxygens (including phenoxy) is 1. The zero-order chi connectivity index (χ0) is 31.1. The van der Waals surface area contributed by atoms with Gasteiger partial charge in [-0.3, -0.25) is 0 Å². The first-order valence-electron chi connectivity index (χ1n) is 19.2. The van der Waals surface area contributed by atoms with E-state index in [1.54, 1.807) is 6.92 Å². The van der Waals surface area contributed by atoms with Crippen LogP contribution in [0.4, 0.5) is 0 Å². The zero-order valence-corrected chi connectivity index (χ0v) is 29.8. The molecule has 0 rings (SSSR count). The maximum absolute atomic E-state index is 12.0. The van der Waals surface area contributed by atoms with Crippen LogP contribution in [0.5, 0.6) is 0 Å². The van der Waals surface area contributed by atoms with Gasteiger partial charge in [-0.05, 0) is 37.5 Å². The zero-order valence-electron chi connectivity index (χ0n) is 29.8. The second-order valence-corrected chi connectivity index (χ2v) is 14.3. The molecule has 0 saturated carbocycles. The molecule has 250 valence electrons. The average Bonchev–Trinajstić information content (AvgIpc) is 2.98. The molecule has 0 radical (unpaired) electrons. The molecule has 3 atom stereocenters. The molecule has 0 aromatic heterocycles. The van der Waals surface area contributed by atoms with Gasteiger partial charge in [-0.25, -0.2) is 4.79 Å². The van der Waals surface area contributed by atoms with Gasteiger partial charge in [0, 0.05) is 5.57 Å². The summed E-state index contributed by atoms with van der Waals surface area (Å²) in [6.07, 6.45) is 38.6. The van der Waals surface area contributed by atoms with Crippen molar-refractivity contribution in [3.8, 4) is 0 Å². The molecule has 3 unspecified atom stereocenters. The quantitative estimate of drug-likeness (QED) is 0.0431. The molecule has 0 saturated heterocycles. The number of rotatable bonds is 33. The molecular weight excluding hydrogens is 512 g/mol. The number of hydrogen-bond acceptors (Lipinski definition) is 2. The second kappa shape index (κ2) is 31.6. The summed E-state index contributed by atoms with van der Waals surface area (Å²) in [4.78, 5) is 12.0. The van der Waals surface area contributed by atoms with Gasteiger partial charge in [-0.15, -0.1) is 0 Å². The SMILES string of the molecule is C=C(C)C(=O)OCC(CCCCCCCCCCCCC(C)CCCC)CCCCCCCCCCC(C)CCCC. The Hall–Kier alpha value is -0.790. The Bertz CT molecular complexity index is 582. The summed E-state index contributed by atoms with van der Waals surface area (Å²) in [5.74, 6) is 2.16. The molecule has 0 heterocycles. The molecule has 0 aromatic carbocycles. The van der Waals surface area contributed by atoms with Crippen molar-refractivity contribution in [3.63, 3.8) is 0 Å². The summed E-state index contributed by atoms with van der Waals surface area (Å²) in [6.45, 7) is 15.6. The minimum Gasteiger partial charge on any atom is -0.462 e. The molecule has 0 fully saturated rings. The standard InChI is InChI=1S/C40H78O2/c1-7-9-29-37(5)31-25-21-17-13-11-12-14-19-23-27-33-39(35-42-40(41)36(3)4)34-28-24-20-16-15-18-22-26-32-38(6)30-10-8-2/h37-39H,3,7-35H2,1-2,4-6H3. The van der Waals surface area contributed by atoms with Crippen molar-refractivity contribution in [2.45, 2.75) is 214 Å². The largest absolute Gasteiger partial charge is 0.462 e. The molecule has 42 heavy (non-hydrogen) atoms. The lowest BCUT2D eigenvalue weighted by Gasteiger charge is -2.17. The van der Waals surface area contributed by atoms with Crippen LogP contribution in [0.3, 0.4) is 0 Å². The first-order chi connectivity index (χ1) is 20.4. The summed E-state index contributed by atoms with van der Waals surface area (Å²) >= 11 is 0. The summed E-state index contributed by atoms with van der Waals surface area (Å²) < 4.78 is 5.58. The van der Waals surface area contributed by atoms with Crippen LogP contribution in [0.2, 0.25) is 0 Å². The van der Waals surface area contributed by atoms with Crippen LogP contribution in [0.25, 0.3) is 0 Å². The van der Waals surface area contributed by atoms with E-state index in [1.807, 2.05) is 0 Å². The third-order valence-corrected chi connectivity index (χ3v) is 9.52. The Balaban J connectivity index is 3.84. The Morgan fingerprint density at radius 2 is 0.786 bits per heavy atom. The van der Waals surface area contributed by atoms with Crippen molar-refractivity contribution in [2.75, 3.05) is 6.61 Å². The van der Waals surface area contributed by atoms with Crippen LogP contribution in [0.15, 0.2) is 12.2 Å². The highest BCUT2D eigenvalue weighted by Gasteiger charge is 2.13. The van der Waals surface area contributed by atoms with Crippen molar-refractivity contribution >= 4 is 5.97 Å². The van der Waals surface area contributed by atoms with Gasteiger partial charge in [-0.2, -0.15) is 0 Å². The molecule has 0 spiro atoms. The number of unbranched alkanes of at least 4 members (excludes halogenated alkanes) is 18. The molecule has 2 heteroatoms. The van der Waals surface area contributed by atoms with E-state index in [2.05, 4.69) is 34.3 Å². The Morgan fingerprint density at radius 1 is 0.500 bits per heavy atom. The minimum absolute atomic E-state index is 0.217. The highest BCUT2D eigenvalue weighted by atomic mass is 16.5. The highest BCUT2D eigenvalue weighted by Crippen LogP contribution is 2.22. The summed E-state index contributed by atoms with van der Waals surface area (Å²) in [6, 6.07) is 0. The van der Waals surface area contributed by atoms with Crippen molar-refractivity contribution in [3.05, 3.63) is 12.2 Å². The van der Waals surface area contributed by atoms with Gasteiger partial charge in [-0.1, -0.05) is 201 Å². The van der Waals surface area contributed by atoms with E-state index in [0.29, 0.717) is 18.1 Å². The predicted octanol–water partition coefficient (Wildman–Crippen LogP) is 14.0. The van der Waals surface area contributed by atoms with Crippen LogP contribution in [0.1, 0.15) is 214 Å². The maximum atomic E-state index is 12.0. The maximum Gasteiger partial charge on any atom is 0.333 e. The fraction of sp³-hybridized carbons (Fsp3) is 0.925. The second-order valence-electron chi connectivity index (χ2n) is 14.3. The van der Waals surface area contributed by atoms with Gasteiger partial charge in [0.2, 0.25) is 0 Å². The average molecular weight is 591 g/mol. The van der Waals surface area contributed by atoms with Crippen LogP contribution in [-0.2, 0) is 9.53 Å². The van der Waals surface area contributed by atoms with Gasteiger partial charge in [0.25, 0.3) is 0 Å². The third kappa shape index (κ3) is 29.3. The van der Waals surface area contributed by atoms with Crippen molar-refractivity contribution in [1.82, 2.24) is 0 Å². The molecular formula is C40H78O2. The third-order valence-electron chi connectivity index (χ3n) is 9.52. The van der Waals surface area contributed by atoms with Gasteiger partial charge >= 0.3 is 5.97 Å². The predicted molar refractivity (Wildman–Crippen MR) is 188 cm³/mol. The molecule has 0 N–H and O–H groups in total. The van der Waals surface area contributed by atoms with E-state index in [0.717, 1.165) is 11.8 Å². The van der Waals surface area contributed by atoms with Gasteiger partial charge in [0.15, 0.2) is 0 Å². The molecule has 2 nitrogen and oxygen atoms in total. The monoisotopic (exact) mass is 591 g/mol. The number of esters is 1. The summed E-state index contributed by atoms with van der Waals surface area (Å²) in [5.41, 5.74) is 0.519. The summed E-state index contributed by atoms with van der Waals surface area (Å²) in [7, 11) is 0. The number of hydrogen-bond donors (Lipinski definition) is 0. The molecule has 0 aromatic rings. The molecule has 0 aliphatic heterocycles. The fourth-order valence-corrected chi connectivity index (χ4v) is 6.35. The van der Waals surface area contributed by atoms with Crippen LogP contribution in [0, 0.1) is 17.8 Å². The van der Waals surface area contributed by atoms with Crippen LogP contribution < -0.4 is 0 Å². The van der Waals surface area contributed by atoms with E-state index in [4.69, 9.17) is 4.74 Å². The Labute approximate surface area is 266 Å². The van der Waals surface area contributed by atoms with Gasteiger partial charge in [0.05, 0.1) is 6.61 Å². The summed E-state index contributed by atoms with van der Waals surface area (Å²) in [5, 5.41) is 0. The van der Waals surface area contributed by atoms with Gasteiger partial charge < -0.3 is 4.74 Å². The topological polar surface area (TPSA) is 26.3 Å². The van der Waals surface area contributed by atoms with E-state index in [9.17, 15) is 4.79 Å². The molecule has 0 aliphatic carbocycles. The van der Waals surface area contributed by atoms with Crippen LogP contribution >= 0.6 is 0 Å². The van der Waals surface area contributed by atoms with Crippen molar-refractivity contribution in [1.29, 1.82) is 0 Å². The Kier molecular flexibility index (Phi) is 31.0. The lowest BCUT2D eigenvalue weighted by atomic mass is 9.94. The highest BCUT2D eigenvalue weighted by molar-refractivity contribution is 5.86. The number of carbonyl (C=O) groups excluding carboxylic acids is 1. The Morgan fingerprint density at radius 3 is 1.10 bits per heavy atom. The smallest absolute Gasteiger partial charge is 0.333 e. The van der Waals surface area contributed by atoms with E-state index in [-0.39, 0.29) is 5.97 Å². The van der Waals surface area contributed by atoms with Crippen molar-refractivity contribution < 1.29 is 9.53 Å². The first-order valence-corrected chi connectivity index (χ1v) is 19.2. The van der Waals surface area contributed by atoms with E-state index in [1.165, 1.54) is 180 Å². The normalized spacial score (nSPS) is 13.6. The molecule has 0 amide bonds. The fourth-order valence-electron chi connectivity index (χ4n) is 6.35. The van der Waals surface area contributed by atoms with E-state index >= 15 is 0 Å². The lowest BCUT2D eigenvalue weighted by molar-refractivity contribution is -0.140. The van der Waals surface area contributed by atoms with E-state index < -0.39 is 0 Å². The van der Waals surface area contributed by atoms with Gasteiger partial charge in [0.1, 0.15) is 0 Å². The minimum atomic E-state index is -0.217. The van der Waals surface area contributed by atoms with Crippen molar-refractivity contribution in [2.24, 2.45) is 17.8 Å². The lowest BCUT2D eigenvalue weighted by Crippen LogP contribution is -2.15.